The Kier molecular flexibility index (Phi) is 5.86. The Morgan fingerprint density at radius 3 is 2.24 bits per heavy atom. The molecule has 2 atom stereocenters. The molecule has 0 bridgehead atoms. The summed E-state index contributed by atoms with van der Waals surface area (Å²) in [7, 11) is 5.61. The van der Waals surface area contributed by atoms with Crippen molar-refractivity contribution < 1.29 is 9.47 Å². The number of hydrogen-bond donors (Lipinski definition) is 0. The highest BCUT2D eigenvalue weighted by Gasteiger charge is 2.35. The van der Waals surface area contributed by atoms with Crippen LogP contribution in [0.2, 0.25) is 0 Å². The lowest BCUT2D eigenvalue weighted by molar-refractivity contribution is 0.246. The second kappa shape index (κ2) is 8.54. The Balaban J connectivity index is 1.40. The van der Waals surface area contributed by atoms with E-state index in [0.29, 0.717) is 12.0 Å². The van der Waals surface area contributed by atoms with Crippen LogP contribution in [-0.4, -0.2) is 64.9 Å². The third-order valence-corrected chi connectivity index (χ3v) is 6.76. The molecule has 29 heavy (non-hydrogen) atoms. The number of para-hydroxylation sites is 1. The third-order valence-electron chi connectivity index (χ3n) is 6.76. The topological polar surface area (TPSA) is 28.2 Å². The molecule has 0 aliphatic carbocycles. The molecule has 5 nitrogen and oxygen atoms in total. The molecule has 2 aliphatic heterocycles. The number of likely N-dealkylation sites (N-methyl/N-ethyl adjacent to an activating group) is 1. The van der Waals surface area contributed by atoms with Gasteiger partial charge in [0.05, 0.1) is 14.2 Å². The van der Waals surface area contributed by atoms with Crippen molar-refractivity contribution in [1.82, 2.24) is 4.90 Å². The molecule has 1 fully saturated rings. The van der Waals surface area contributed by atoms with Crippen LogP contribution in [-0.2, 0) is 0 Å². The zero-order valence-electron chi connectivity index (χ0n) is 18.1. The maximum atomic E-state index is 5.57. The summed E-state index contributed by atoms with van der Waals surface area (Å²) >= 11 is 0. The van der Waals surface area contributed by atoms with Crippen LogP contribution >= 0.6 is 0 Å². The Hall–Kier alpha value is -2.40. The molecule has 0 saturated carbocycles. The van der Waals surface area contributed by atoms with Crippen LogP contribution < -0.4 is 19.3 Å². The van der Waals surface area contributed by atoms with E-state index >= 15 is 0 Å². The summed E-state index contributed by atoms with van der Waals surface area (Å²) in [6.07, 6.45) is 1.17. The molecule has 0 amide bonds. The van der Waals surface area contributed by atoms with E-state index in [9.17, 15) is 0 Å². The number of rotatable bonds is 6. The molecule has 2 aromatic rings. The van der Waals surface area contributed by atoms with Gasteiger partial charge in [-0.3, -0.25) is 4.90 Å². The van der Waals surface area contributed by atoms with Gasteiger partial charge in [0, 0.05) is 62.6 Å². The van der Waals surface area contributed by atoms with Gasteiger partial charge in [0.1, 0.15) is 0 Å². The fourth-order valence-corrected chi connectivity index (χ4v) is 4.82. The maximum Gasteiger partial charge on any atom is 0.162 e. The molecule has 1 saturated heterocycles. The first-order valence-electron chi connectivity index (χ1n) is 10.6. The van der Waals surface area contributed by atoms with Crippen molar-refractivity contribution in [2.45, 2.75) is 25.3 Å². The van der Waals surface area contributed by atoms with E-state index in [1.54, 1.807) is 14.2 Å². The van der Waals surface area contributed by atoms with Crippen LogP contribution in [0.15, 0.2) is 42.5 Å². The van der Waals surface area contributed by atoms with E-state index in [-0.39, 0.29) is 0 Å². The average Bonchev–Trinajstić information content (AvgIpc) is 3.01. The number of hydrogen-bond acceptors (Lipinski definition) is 5. The van der Waals surface area contributed by atoms with E-state index in [2.05, 4.69) is 71.1 Å². The predicted molar refractivity (Wildman–Crippen MR) is 120 cm³/mol. The molecule has 2 aliphatic rings. The first-order valence-corrected chi connectivity index (χ1v) is 10.6. The van der Waals surface area contributed by atoms with Gasteiger partial charge >= 0.3 is 0 Å². The molecule has 0 N–H and O–H groups in total. The first kappa shape index (κ1) is 19.9. The van der Waals surface area contributed by atoms with Gasteiger partial charge in [-0.25, -0.2) is 0 Å². The third kappa shape index (κ3) is 3.88. The Bertz CT molecular complexity index is 818. The maximum absolute atomic E-state index is 5.57. The normalized spacial score (nSPS) is 21.9. The number of benzene rings is 2. The number of fused-ring (bicyclic) bond motifs is 1. The van der Waals surface area contributed by atoms with E-state index in [1.807, 2.05) is 0 Å². The lowest BCUT2D eigenvalue weighted by Gasteiger charge is -2.36. The van der Waals surface area contributed by atoms with Crippen molar-refractivity contribution in [2.75, 3.05) is 63.8 Å². The fraction of sp³-hybridized carbons (Fsp3) is 0.500. The van der Waals surface area contributed by atoms with Crippen molar-refractivity contribution in [3.63, 3.8) is 0 Å². The molecule has 156 valence electrons. The highest BCUT2D eigenvalue weighted by Crippen LogP contribution is 2.46. The smallest absolute Gasteiger partial charge is 0.162 e. The van der Waals surface area contributed by atoms with Crippen molar-refractivity contribution >= 4 is 11.4 Å². The standard InChI is InChI=1S/C24H33N3O2/c1-18-20(21-16-23(28-3)24(29-4)17-22(21)25(18)2)10-11-26-12-14-27(15-13-26)19-8-6-5-7-9-19/h5-9,16-18,20H,10-15H2,1-4H3/t18-,20+/m1/s1. The zero-order chi connectivity index (χ0) is 20.4. The highest BCUT2D eigenvalue weighted by molar-refractivity contribution is 5.67. The first-order chi connectivity index (χ1) is 14.1. The number of nitrogens with zero attached hydrogens (tertiary/aromatic N) is 3. The molecule has 0 radical (unpaired) electrons. The highest BCUT2D eigenvalue weighted by atomic mass is 16.5. The quantitative estimate of drug-likeness (QED) is 0.741. The van der Waals surface area contributed by atoms with Crippen molar-refractivity contribution in [2.24, 2.45) is 0 Å². The molecular formula is C24H33N3O2. The molecule has 0 spiro atoms. The number of methoxy groups -OCH3 is 2. The molecule has 0 aromatic heterocycles. The second-order valence-corrected chi connectivity index (χ2v) is 8.18. The van der Waals surface area contributed by atoms with Crippen LogP contribution in [0.3, 0.4) is 0 Å². The summed E-state index contributed by atoms with van der Waals surface area (Å²) in [6.45, 7) is 7.93. The number of piperazine rings is 1. The van der Waals surface area contributed by atoms with Gasteiger partial charge in [0.2, 0.25) is 0 Å². The lowest BCUT2D eigenvalue weighted by atomic mass is 9.92. The molecule has 0 unspecified atom stereocenters. The van der Waals surface area contributed by atoms with Gasteiger partial charge in [-0.05, 0) is 43.7 Å². The molecule has 2 heterocycles. The largest absolute Gasteiger partial charge is 0.493 e. The van der Waals surface area contributed by atoms with E-state index < -0.39 is 0 Å². The SMILES string of the molecule is COc1cc2c(cc1OC)N(C)[C@H](C)[C@@H]2CCN1CCN(c2ccccc2)CC1. The van der Waals surface area contributed by atoms with Gasteiger partial charge < -0.3 is 19.3 Å². The minimum Gasteiger partial charge on any atom is -0.493 e. The fourth-order valence-electron chi connectivity index (χ4n) is 4.82. The summed E-state index contributed by atoms with van der Waals surface area (Å²) in [6, 6.07) is 15.6. The van der Waals surface area contributed by atoms with Gasteiger partial charge in [-0.2, -0.15) is 0 Å². The van der Waals surface area contributed by atoms with Crippen molar-refractivity contribution in [3.8, 4) is 11.5 Å². The number of ether oxygens (including phenoxy) is 2. The second-order valence-electron chi connectivity index (χ2n) is 8.18. The van der Waals surface area contributed by atoms with Gasteiger partial charge in [0.15, 0.2) is 11.5 Å². The predicted octanol–water partition coefficient (Wildman–Crippen LogP) is 3.84. The van der Waals surface area contributed by atoms with Crippen LogP contribution in [0.4, 0.5) is 11.4 Å². The van der Waals surface area contributed by atoms with E-state index in [4.69, 9.17) is 9.47 Å². The summed E-state index contributed by atoms with van der Waals surface area (Å²) < 4.78 is 11.1. The molecule has 5 heteroatoms. The minimum absolute atomic E-state index is 0.479. The minimum atomic E-state index is 0.479. The molecule has 4 rings (SSSR count). The van der Waals surface area contributed by atoms with E-state index in [1.165, 1.54) is 23.4 Å². The summed E-state index contributed by atoms with van der Waals surface area (Å²) in [5, 5.41) is 0. The average molecular weight is 396 g/mol. The van der Waals surface area contributed by atoms with Gasteiger partial charge in [-0.15, -0.1) is 0 Å². The Morgan fingerprint density at radius 2 is 1.59 bits per heavy atom. The van der Waals surface area contributed by atoms with Gasteiger partial charge in [-0.1, -0.05) is 18.2 Å². The lowest BCUT2D eigenvalue weighted by Crippen LogP contribution is -2.47. The Morgan fingerprint density at radius 1 is 0.931 bits per heavy atom. The van der Waals surface area contributed by atoms with Crippen LogP contribution in [0.1, 0.15) is 24.8 Å². The van der Waals surface area contributed by atoms with Crippen LogP contribution in [0.25, 0.3) is 0 Å². The summed E-state index contributed by atoms with van der Waals surface area (Å²) in [4.78, 5) is 7.50. The monoisotopic (exact) mass is 395 g/mol. The zero-order valence-corrected chi connectivity index (χ0v) is 18.1. The summed E-state index contributed by atoms with van der Waals surface area (Å²) in [5.41, 5.74) is 4.00. The van der Waals surface area contributed by atoms with Crippen LogP contribution in [0, 0.1) is 0 Å². The van der Waals surface area contributed by atoms with Crippen molar-refractivity contribution in [1.29, 1.82) is 0 Å². The van der Waals surface area contributed by atoms with Crippen LogP contribution in [0.5, 0.6) is 11.5 Å². The van der Waals surface area contributed by atoms with Gasteiger partial charge in [0.25, 0.3) is 0 Å². The Labute approximate surface area is 174 Å². The molecular weight excluding hydrogens is 362 g/mol. The number of anilines is 2. The summed E-state index contributed by atoms with van der Waals surface area (Å²) in [5.74, 6) is 2.15. The molecule has 2 aromatic carbocycles. The van der Waals surface area contributed by atoms with E-state index in [0.717, 1.165) is 44.2 Å². The van der Waals surface area contributed by atoms with Crippen molar-refractivity contribution in [3.05, 3.63) is 48.0 Å².